The third-order valence-electron chi connectivity index (χ3n) is 5.00. The number of rotatable bonds is 6. The Morgan fingerprint density at radius 3 is 2.46 bits per heavy atom. The topological polar surface area (TPSA) is 132 Å². The van der Waals surface area contributed by atoms with Crippen LogP contribution in [0.25, 0.3) is 22.0 Å². The van der Waals surface area contributed by atoms with Gasteiger partial charge in [0.25, 0.3) is 5.91 Å². The Bertz CT molecular complexity index is 1370. The molecular formula is C23H19F3N6O3. The first kappa shape index (κ1) is 23.7. The van der Waals surface area contributed by atoms with E-state index in [-0.39, 0.29) is 24.5 Å². The minimum Gasteiger partial charge on any atom is -0.395 e. The van der Waals surface area contributed by atoms with E-state index in [1.165, 1.54) is 18.3 Å². The number of aromatic amines is 1. The lowest BCUT2D eigenvalue weighted by atomic mass is 10.0. The third-order valence-corrected chi connectivity index (χ3v) is 5.00. The summed E-state index contributed by atoms with van der Waals surface area (Å²) in [6.45, 7) is -0.109. The van der Waals surface area contributed by atoms with E-state index in [2.05, 4.69) is 31.1 Å². The maximum absolute atomic E-state index is 12.9. The number of aliphatic hydroxyl groups excluding tert-OH is 1. The molecule has 0 aliphatic heterocycles. The molecule has 35 heavy (non-hydrogen) atoms. The average Bonchev–Trinajstić information content (AvgIpc) is 3.32. The molecule has 0 aliphatic carbocycles. The molecule has 5 N–H and O–H groups in total. The van der Waals surface area contributed by atoms with Gasteiger partial charge in [0.1, 0.15) is 0 Å². The lowest BCUT2D eigenvalue weighted by Gasteiger charge is -2.11. The van der Waals surface area contributed by atoms with Crippen molar-refractivity contribution in [2.45, 2.75) is 6.18 Å². The minimum absolute atomic E-state index is 0.00508. The van der Waals surface area contributed by atoms with Gasteiger partial charge in [-0.05, 0) is 35.9 Å². The number of nitrogens with zero attached hydrogens (tertiary/aromatic N) is 2. The maximum atomic E-state index is 12.9. The Morgan fingerprint density at radius 2 is 1.74 bits per heavy atom. The van der Waals surface area contributed by atoms with E-state index in [0.29, 0.717) is 22.2 Å². The molecule has 0 atom stereocenters. The molecule has 3 amide bonds. The first-order valence-electron chi connectivity index (χ1n) is 10.3. The second-order valence-corrected chi connectivity index (χ2v) is 7.39. The van der Waals surface area contributed by atoms with Crippen molar-refractivity contribution >= 4 is 34.2 Å². The van der Waals surface area contributed by atoms with Crippen molar-refractivity contribution < 1.29 is 27.9 Å². The number of hydrogen-bond donors (Lipinski definition) is 5. The van der Waals surface area contributed by atoms with E-state index < -0.39 is 23.7 Å². The van der Waals surface area contributed by atoms with Gasteiger partial charge in [-0.15, -0.1) is 0 Å². The van der Waals surface area contributed by atoms with Crippen molar-refractivity contribution in [2.75, 3.05) is 23.8 Å². The molecule has 0 bridgehead atoms. The van der Waals surface area contributed by atoms with Gasteiger partial charge < -0.3 is 21.1 Å². The summed E-state index contributed by atoms with van der Waals surface area (Å²) in [4.78, 5) is 28.7. The highest BCUT2D eigenvalue weighted by Crippen LogP contribution is 2.31. The van der Waals surface area contributed by atoms with Crippen molar-refractivity contribution in [1.29, 1.82) is 0 Å². The Labute approximate surface area is 196 Å². The van der Waals surface area contributed by atoms with Crippen LogP contribution >= 0.6 is 0 Å². The average molecular weight is 484 g/mol. The number of fused-ring (bicyclic) bond motifs is 1. The molecule has 9 nitrogen and oxygen atoms in total. The fourth-order valence-electron chi connectivity index (χ4n) is 3.39. The highest BCUT2D eigenvalue weighted by Gasteiger charge is 2.30. The lowest BCUT2D eigenvalue weighted by molar-refractivity contribution is -0.137. The lowest BCUT2D eigenvalue weighted by Crippen LogP contribution is -2.27. The Kier molecular flexibility index (Phi) is 6.64. The molecule has 4 aromatic rings. The van der Waals surface area contributed by atoms with Crippen LogP contribution in [0.5, 0.6) is 0 Å². The zero-order valence-corrected chi connectivity index (χ0v) is 18.0. The van der Waals surface area contributed by atoms with Crippen LogP contribution < -0.4 is 16.0 Å². The number of anilines is 2. The standard InChI is InChI=1S/C23H19F3N6O3/c24-23(25,26)14-2-1-3-16(10-14)31-22(35)30-15-6-4-13(5-7-15)17-11-28-20(21(34)27-8-9-33)19-18(17)12-29-32-19/h1-7,10-12,33H,8-9H2,(H,27,34)(H,29,32)(H2,30,31,35). The molecule has 0 aliphatic rings. The number of carbonyl (C=O) groups is 2. The number of halogens is 3. The first-order valence-corrected chi connectivity index (χ1v) is 10.3. The Balaban J connectivity index is 1.48. The normalized spacial score (nSPS) is 11.3. The molecule has 2 aromatic heterocycles. The molecule has 2 heterocycles. The molecule has 0 unspecified atom stereocenters. The number of aliphatic hydroxyl groups is 1. The summed E-state index contributed by atoms with van der Waals surface area (Å²) in [6.07, 6.45) is -1.43. The summed E-state index contributed by atoms with van der Waals surface area (Å²) >= 11 is 0. The fraction of sp³-hybridized carbons (Fsp3) is 0.130. The molecule has 0 saturated heterocycles. The van der Waals surface area contributed by atoms with Gasteiger partial charge in [-0.2, -0.15) is 18.3 Å². The maximum Gasteiger partial charge on any atom is 0.416 e. The molecule has 12 heteroatoms. The second-order valence-electron chi connectivity index (χ2n) is 7.39. The number of amides is 3. The van der Waals surface area contributed by atoms with Crippen LogP contribution in [-0.4, -0.2) is 45.4 Å². The van der Waals surface area contributed by atoms with Crippen LogP contribution in [0.4, 0.5) is 29.3 Å². The van der Waals surface area contributed by atoms with E-state index >= 15 is 0 Å². The highest BCUT2D eigenvalue weighted by atomic mass is 19.4. The van der Waals surface area contributed by atoms with Gasteiger partial charge >= 0.3 is 12.2 Å². The quantitative estimate of drug-likeness (QED) is 0.282. The van der Waals surface area contributed by atoms with E-state index in [1.54, 1.807) is 30.5 Å². The van der Waals surface area contributed by atoms with E-state index in [4.69, 9.17) is 5.11 Å². The molecular weight excluding hydrogens is 465 g/mol. The molecule has 2 aromatic carbocycles. The largest absolute Gasteiger partial charge is 0.416 e. The summed E-state index contributed by atoms with van der Waals surface area (Å²) in [7, 11) is 0. The monoisotopic (exact) mass is 484 g/mol. The van der Waals surface area contributed by atoms with Crippen molar-refractivity contribution in [3.05, 3.63) is 72.2 Å². The molecule has 0 saturated carbocycles. The van der Waals surface area contributed by atoms with Crippen LogP contribution in [0, 0.1) is 0 Å². The number of benzene rings is 2. The van der Waals surface area contributed by atoms with Gasteiger partial charge in [-0.25, -0.2) is 9.78 Å². The number of alkyl halides is 3. The van der Waals surface area contributed by atoms with Crippen molar-refractivity contribution in [1.82, 2.24) is 20.5 Å². The number of pyridine rings is 1. The molecule has 0 fully saturated rings. The van der Waals surface area contributed by atoms with Crippen LogP contribution in [0.15, 0.2) is 60.9 Å². The highest BCUT2D eigenvalue weighted by molar-refractivity contribution is 6.07. The fourth-order valence-corrected chi connectivity index (χ4v) is 3.39. The summed E-state index contributed by atoms with van der Waals surface area (Å²) in [5, 5.41) is 23.8. The van der Waals surface area contributed by atoms with Gasteiger partial charge in [-0.1, -0.05) is 18.2 Å². The molecule has 0 spiro atoms. The third kappa shape index (κ3) is 5.38. The van der Waals surface area contributed by atoms with Gasteiger partial charge in [-0.3, -0.25) is 9.89 Å². The number of carbonyl (C=O) groups excluding carboxylic acids is 2. The predicted molar refractivity (Wildman–Crippen MR) is 123 cm³/mol. The number of aromatic nitrogens is 3. The predicted octanol–water partition coefficient (Wildman–Crippen LogP) is 4.01. The van der Waals surface area contributed by atoms with Gasteiger partial charge in [0.05, 0.1) is 23.9 Å². The number of urea groups is 1. The number of H-pyrrole nitrogens is 1. The van der Waals surface area contributed by atoms with Gasteiger partial charge in [0, 0.05) is 35.1 Å². The Morgan fingerprint density at radius 1 is 1.00 bits per heavy atom. The summed E-state index contributed by atoms with van der Waals surface area (Å²) in [6, 6.07) is 10.3. The zero-order valence-electron chi connectivity index (χ0n) is 18.0. The first-order chi connectivity index (χ1) is 16.8. The van der Waals surface area contributed by atoms with Crippen LogP contribution in [0.3, 0.4) is 0 Å². The summed E-state index contributed by atoms with van der Waals surface area (Å²) in [5.41, 5.74) is 1.54. The van der Waals surface area contributed by atoms with Crippen LogP contribution in [0.2, 0.25) is 0 Å². The van der Waals surface area contributed by atoms with Gasteiger partial charge in [0.15, 0.2) is 5.69 Å². The molecule has 180 valence electrons. The minimum atomic E-state index is -4.51. The second kappa shape index (κ2) is 9.81. The van der Waals surface area contributed by atoms with Crippen molar-refractivity contribution in [2.24, 2.45) is 0 Å². The number of hydrogen-bond acceptors (Lipinski definition) is 5. The van der Waals surface area contributed by atoms with Crippen molar-refractivity contribution in [3.63, 3.8) is 0 Å². The molecule has 0 radical (unpaired) electrons. The SMILES string of the molecule is O=C(Nc1ccc(-c2cnc(C(=O)NCCO)c3[nH]ncc23)cc1)Nc1cccc(C(F)(F)F)c1. The van der Waals surface area contributed by atoms with Gasteiger partial charge in [0.2, 0.25) is 0 Å². The van der Waals surface area contributed by atoms with Crippen LogP contribution in [0.1, 0.15) is 16.1 Å². The van der Waals surface area contributed by atoms with Crippen molar-refractivity contribution in [3.8, 4) is 11.1 Å². The summed E-state index contributed by atoms with van der Waals surface area (Å²) in [5.74, 6) is -0.453. The van der Waals surface area contributed by atoms with E-state index in [9.17, 15) is 22.8 Å². The number of nitrogens with one attached hydrogen (secondary N) is 4. The van der Waals surface area contributed by atoms with E-state index in [0.717, 1.165) is 17.7 Å². The Hall–Kier alpha value is -4.45. The summed E-state index contributed by atoms with van der Waals surface area (Å²) < 4.78 is 38.6. The molecule has 4 rings (SSSR count). The van der Waals surface area contributed by atoms with Crippen LogP contribution in [-0.2, 0) is 6.18 Å². The van der Waals surface area contributed by atoms with E-state index in [1.807, 2.05) is 0 Å². The zero-order chi connectivity index (χ0) is 25.0. The smallest absolute Gasteiger partial charge is 0.395 e.